The van der Waals surface area contributed by atoms with Crippen LogP contribution in [0.25, 0.3) is 11.4 Å². The maximum absolute atomic E-state index is 12.6. The molecule has 3 aromatic rings. The van der Waals surface area contributed by atoms with Crippen molar-refractivity contribution in [2.24, 2.45) is 0 Å². The smallest absolute Gasteiger partial charge is 0.255 e. The molecule has 132 valence electrons. The van der Waals surface area contributed by atoms with Gasteiger partial charge in [-0.05, 0) is 18.2 Å². The Bertz CT molecular complexity index is 907. The quantitative estimate of drug-likeness (QED) is 0.775. The fraction of sp³-hybridized carbons (Fsp3) is 0.211. The first-order valence-electron chi connectivity index (χ1n) is 8.23. The second-order valence-corrected chi connectivity index (χ2v) is 5.87. The molecule has 7 heteroatoms. The first-order chi connectivity index (χ1) is 12.8. The van der Waals surface area contributed by atoms with Crippen LogP contribution in [0.3, 0.4) is 0 Å². The minimum Gasteiger partial charge on any atom is -0.491 e. The average molecular weight is 351 g/mol. The van der Waals surface area contributed by atoms with E-state index in [1.165, 1.54) is 6.39 Å². The molecule has 1 aliphatic rings. The third kappa shape index (κ3) is 3.04. The molecule has 0 saturated carbocycles. The summed E-state index contributed by atoms with van der Waals surface area (Å²) in [6.07, 6.45) is 2.03. The first kappa shape index (κ1) is 16.3. The van der Waals surface area contributed by atoms with Crippen LogP contribution in [0, 0.1) is 0 Å². The van der Waals surface area contributed by atoms with E-state index in [0.717, 1.165) is 17.5 Å². The monoisotopic (exact) mass is 351 g/mol. The Morgan fingerprint density at radius 1 is 1.23 bits per heavy atom. The van der Waals surface area contributed by atoms with Gasteiger partial charge in [0.2, 0.25) is 12.2 Å². The topological polar surface area (TPSA) is 86.5 Å². The van der Waals surface area contributed by atoms with E-state index in [4.69, 9.17) is 14.0 Å². The van der Waals surface area contributed by atoms with Crippen molar-refractivity contribution in [1.82, 2.24) is 10.1 Å². The van der Waals surface area contributed by atoms with Gasteiger partial charge in [0, 0.05) is 30.2 Å². The summed E-state index contributed by atoms with van der Waals surface area (Å²) in [4.78, 5) is 16.6. The van der Waals surface area contributed by atoms with Gasteiger partial charge in [0.15, 0.2) is 0 Å². The summed E-state index contributed by atoms with van der Waals surface area (Å²) in [7, 11) is 1.68. The number of aromatic nitrogens is 2. The molecule has 7 nitrogen and oxygen atoms in total. The zero-order chi connectivity index (χ0) is 17.9. The lowest BCUT2D eigenvalue weighted by Crippen LogP contribution is -2.19. The van der Waals surface area contributed by atoms with Gasteiger partial charge in [-0.3, -0.25) is 4.79 Å². The molecule has 0 aliphatic carbocycles. The Morgan fingerprint density at radius 3 is 2.81 bits per heavy atom. The van der Waals surface area contributed by atoms with Crippen molar-refractivity contribution in [2.75, 3.05) is 19.0 Å². The highest BCUT2D eigenvalue weighted by atomic mass is 16.5. The van der Waals surface area contributed by atoms with Crippen molar-refractivity contribution < 1.29 is 18.8 Å². The van der Waals surface area contributed by atoms with Gasteiger partial charge >= 0.3 is 0 Å². The molecule has 0 saturated heterocycles. The molecule has 0 radical (unpaired) electrons. The van der Waals surface area contributed by atoms with Gasteiger partial charge in [-0.2, -0.15) is 4.98 Å². The fourth-order valence-corrected chi connectivity index (χ4v) is 3.00. The molecule has 1 amide bonds. The van der Waals surface area contributed by atoms with E-state index in [-0.39, 0.29) is 12.0 Å². The van der Waals surface area contributed by atoms with E-state index in [0.29, 0.717) is 29.4 Å². The predicted octanol–water partition coefficient (Wildman–Crippen LogP) is 3.46. The van der Waals surface area contributed by atoms with Crippen molar-refractivity contribution >= 4 is 11.6 Å². The average Bonchev–Trinajstić information content (AvgIpc) is 3.23. The minimum atomic E-state index is -0.221. The number of carbonyl (C=O) groups excluding carboxylic acids is 1. The Balaban J connectivity index is 1.55. The maximum atomic E-state index is 12.6. The molecule has 1 atom stereocenters. The van der Waals surface area contributed by atoms with Gasteiger partial charge in [0.05, 0.1) is 18.4 Å². The Hall–Kier alpha value is -3.19. The Kier molecular flexibility index (Phi) is 4.37. The first-order valence-corrected chi connectivity index (χ1v) is 8.23. The van der Waals surface area contributed by atoms with Gasteiger partial charge in [-0.1, -0.05) is 29.4 Å². The lowest BCUT2D eigenvalue weighted by atomic mass is 10.0. The normalized spacial score (nSPS) is 15.8. The summed E-state index contributed by atoms with van der Waals surface area (Å²) >= 11 is 0. The van der Waals surface area contributed by atoms with Crippen LogP contribution >= 0.6 is 0 Å². The van der Waals surface area contributed by atoms with E-state index in [1.54, 1.807) is 31.4 Å². The van der Waals surface area contributed by atoms with E-state index in [2.05, 4.69) is 15.5 Å². The molecule has 1 aromatic heterocycles. The van der Waals surface area contributed by atoms with E-state index in [9.17, 15) is 4.79 Å². The number of nitrogens with one attached hydrogen (secondary N) is 1. The van der Waals surface area contributed by atoms with Crippen molar-refractivity contribution in [3.63, 3.8) is 0 Å². The summed E-state index contributed by atoms with van der Waals surface area (Å²) < 4.78 is 16.0. The summed E-state index contributed by atoms with van der Waals surface area (Å²) in [6.45, 7) is 0.553. The number of fused-ring (bicyclic) bond motifs is 1. The Labute approximate surface area is 149 Å². The number of rotatable bonds is 4. The summed E-state index contributed by atoms with van der Waals surface area (Å²) in [5, 5.41) is 6.69. The molecule has 0 spiro atoms. The molecule has 0 bridgehead atoms. The number of benzene rings is 2. The van der Waals surface area contributed by atoms with Crippen LogP contribution in [0.2, 0.25) is 0 Å². The minimum absolute atomic E-state index is 0.0233. The molecule has 1 unspecified atom stereocenters. The van der Waals surface area contributed by atoms with Crippen LogP contribution in [0.15, 0.2) is 53.4 Å². The number of carbonyl (C=O) groups is 1. The molecule has 1 aliphatic heterocycles. The number of methoxy groups -OCH3 is 1. The van der Waals surface area contributed by atoms with Crippen molar-refractivity contribution in [3.05, 3.63) is 60.0 Å². The largest absolute Gasteiger partial charge is 0.491 e. The lowest BCUT2D eigenvalue weighted by molar-refractivity contribution is 0.0639. The third-order valence-corrected chi connectivity index (χ3v) is 4.32. The van der Waals surface area contributed by atoms with Crippen molar-refractivity contribution in [3.8, 4) is 17.1 Å². The van der Waals surface area contributed by atoms with Gasteiger partial charge in [-0.15, -0.1) is 0 Å². The van der Waals surface area contributed by atoms with Crippen LogP contribution in [0.5, 0.6) is 5.75 Å². The SMILES string of the molecule is COC1CCOc2c(NC(=O)c3ccc(-c4ncon4)cc3)cccc21. The van der Waals surface area contributed by atoms with Crippen LogP contribution in [-0.2, 0) is 4.74 Å². The van der Waals surface area contributed by atoms with Crippen LogP contribution in [0.1, 0.15) is 28.4 Å². The molecular formula is C19H17N3O4. The number of anilines is 1. The number of hydrogen-bond donors (Lipinski definition) is 1. The third-order valence-electron chi connectivity index (χ3n) is 4.32. The number of nitrogens with zero attached hydrogens (tertiary/aromatic N) is 2. The zero-order valence-corrected chi connectivity index (χ0v) is 14.1. The zero-order valence-electron chi connectivity index (χ0n) is 14.1. The van der Waals surface area contributed by atoms with Gasteiger partial charge in [0.25, 0.3) is 5.91 Å². The standard InChI is InChI=1S/C19H17N3O4/c1-24-16-9-10-25-17-14(16)3-2-4-15(17)21-19(23)13-7-5-12(6-8-13)18-20-11-26-22-18/h2-8,11,16H,9-10H2,1H3,(H,21,23). The fourth-order valence-electron chi connectivity index (χ4n) is 3.00. The van der Waals surface area contributed by atoms with E-state index in [1.807, 2.05) is 18.2 Å². The number of para-hydroxylation sites is 1. The number of amides is 1. The van der Waals surface area contributed by atoms with Crippen LogP contribution in [-0.4, -0.2) is 29.8 Å². The predicted molar refractivity (Wildman–Crippen MR) is 94.0 cm³/mol. The van der Waals surface area contributed by atoms with E-state index >= 15 is 0 Å². The van der Waals surface area contributed by atoms with Gasteiger partial charge in [0.1, 0.15) is 5.75 Å². The second-order valence-electron chi connectivity index (χ2n) is 5.87. The molecule has 2 heterocycles. The Morgan fingerprint density at radius 2 is 2.08 bits per heavy atom. The number of ether oxygens (including phenoxy) is 2. The van der Waals surface area contributed by atoms with Crippen molar-refractivity contribution in [1.29, 1.82) is 0 Å². The molecule has 1 N–H and O–H groups in total. The molecule has 0 fully saturated rings. The van der Waals surface area contributed by atoms with Gasteiger partial charge in [-0.25, -0.2) is 0 Å². The van der Waals surface area contributed by atoms with Gasteiger partial charge < -0.3 is 19.3 Å². The van der Waals surface area contributed by atoms with E-state index < -0.39 is 0 Å². The lowest BCUT2D eigenvalue weighted by Gasteiger charge is -2.26. The van der Waals surface area contributed by atoms with Crippen LogP contribution < -0.4 is 10.1 Å². The highest BCUT2D eigenvalue weighted by Crippen LogP contribution is 2.39. The van der Waals surface area contributed by atoms with Crippen molar-refractivity contribution in [2.45, 2.75) is 12.5 Å². The number of hydrogen-bond acceptors (Lipinski definition) is 6. The molecule has 26 heavy (non-hydrogen) atoms. The summed E-state index contributed by atoms with van der Waals surface area (Å²) in [5.41, 5.74) is 2.88. The molecule has 4 rings (SSSR count). The molecule has 2 aromatic carbocycles. The van der Waals surface area contributed by atoms with Crippen LogP contribution in [0.4, 0.5) is 5.69 Å². The highest BCUT2D eigenvalue weighted by Gasteiger charge is 2.24. The summed E-state index contributed by atoms with van der Waals surface area (Å²) in [5.74, 6) is 0.927. The summed E-state index contributed by atoms with van der Waals surface area (Å²) in [6, 6.07) is 12.6. The highest BCUT2D eigenvalue weighted by molar-refractivity contribution is 6.05. The maximum Gasteiger partial charge on any atom is 0.255 e. The molecular weight excluding hydrogens is 334 g/mol. The second kappa shape index (κ2) is 6.97.